The minimum atomic E-state index is -1.08. The Morgan fingerprint density at radius 3 is 2.63 bits per heavy atom. The third kappa shape index (κ3) is 2.59. The standard InChI is InChI=1S/C12H18N4O3/c1-12(2,3)9(11(18)19)10(17)15-4-5-16-7-13-14-8(16)6-15/h7,9H,4-6H2,1-3H3,(H,18,19). The summed E-state index contributed by atoms with van der Waals surface area (Å²) in [5.74, 6) is -1.78. The van der Waals surface area contributed by atoms with Crippen LogP contribution in [0.15, 0.2) is 6.33 Å². The SMILES string of the molecule is CC(C)(C)C(C(=O)O)C(=O)N1CCn2cnnc2C1. The smallest absolute Gasteiger partial charge is 0.316 e. The van der Waals surface area contributed by atoms with Gasteiger partial charge in [0.25, 0.3) is 0 Å². The fourth-order valence-corrected chi connectivity index (χ4v) is 2.28. The highest BCUT2D eigenvalue weighted by Gasteiger charge is 2.41. The number of aliphatic carboxylic acids is 1. The zero-order chi connectivity index (χ0) is 14.2. The molecule has 0 radical (unpaired) electrons. The summed E-state index contributed by atoms with van der Waals surface area (Å²) in [6.45, 7) is 6.69. The molecule has 0 saturated carbocycles. The maximum absolute atomic E-state index is 12.4. The Kier molecular flexibility index (Phi) is 3.30. The van der Waals surface area contributed by atoms with Gasteiger partial charge in [0.2, 0.25) is 5.91 Å². The van der Waals surface area contributed by atoms with Crippen molar-refractivity contribution < 1.29 is 14.7 Å². The van der Waals surface area contributed by atoms with E-state index >= 15 is 0 Å². The number of hydrogen-bond donors (Lipinski definition) is 1. The number of aromatic nitrogens is 3. The van der Waals surface area contributed by atoms with E-state index in [4.69, 9.17) is 0 Å². The first-order chi connectivity index (χ1) is 8.80. The summed E-state index contributed by atoms with van der Waals surface area (Å²) in [6, 6.07) is 0. The number of nitrogens with zero attached hydrogens (tertiary/aromatic N) is 4. The van der Waals surface area contributed by atoms with Crippen LogP contribution in [0.25, 0.3) is 0 Å². The lowest BCUT2D eigenvalue weighted by Crippen LogP contribution is -2.47. The molecule has 2 heterocycles. The predicted octanol–water partition coefficient (Wildman–Crippen LogP) is 0.367. The summed E-state index contributed by atoms with van der Waals surface area (Å²) in [6.07, 6.45) is 1.62. The molecule has 0 aliphatic carbocycles. The number of rotatable bonds is 2. The molecule has 1 aliphatic rings. The molecular weight excluding hydrogens is 248 g/mol. The van der Waals surface area contributed by atoms with Crippen molar-refractivity contribution in [1.82, 2.24) is 19.7 Å². The quantitative estimate of drug-likeness (QED) is 0.781. The van der Waals surface area contributed by atoms with Gasteiger partial charge in [0, 0.05) is 13.1 Å². The number of carboxylic acid groups (broad SMARTS) is 1. The number of amides is 1. The second-order valence-corrected chi connectivity index (χ2v) is 5.84. The van der Waals surface area contributed by atoms with Gasteiger partial charge in [-0.15, -0.1) is 10.2 Å². The molecule has 7 nitrogen and oxygen atoms in total. The molecule has 2 rings (SSSR count). The average molecular weight is 266 g/mol. The van der Waals surface area contributed by atoms with Crippen LogP contribution in [-0.2, 0) is 22.7 Å². The Bertz CT molecular complexity index is 503. The minimum Gasteiger partial charge on any atom is -0.481 e. The topological polar surface area (TPSA) is 88.3 Å². The summed E-state index contributed by atoms with van der Waals surface area (Å²) in [4.78, 5) is 25.3. The van der Waals surface area contributed by atoms with Gasteiger partial charge in [-0.1, -0.05) is 20.8 Å². The van der Waals surface area contributed by atoms with Gasteiger partial charge in [0.15, 0.2) is 5.82 Å². The second-order valence-electron chi connectivity index (χ2n) is 5.84. The highest BCUT2D eigenvalue weighted by Crippen LogP contribution is 2.29. The molecule has 1 aromatic heterocycles. The van der Waals surface area contributed by atoms with Crippen molar-refractivity contribution in [2.75, 3.05) is 6.54 Å². The molecule has 1 amide bonds. The monoisotopic (exact) mass is 266 g/mol. The first-order valence-corrected chi connectivity index (χ1v) is 6.19. The zero-order valence-corrected chi connectivity index (χ0v) is 11.3. The lowest BCUT2D eigenvalue weighted by molar-refractivity contribution is -0.157. The lowest BCUT2D eigenvalue weighted by atomic mass is 9.79. The van der Waals surface area contributed by atoms with E-state index in [0.29, 0.717) is 25.5 Å². The van der Waals surface area contributed by atoms with E-state index in [1.807, 2.05) is 4.57 Å². The van der Waals surface area contributed by atoms with Crippen molar-refractivity contribution in [2.45, 2.75) is 33.9 Å². The maximum atomic E-state index is 12.4. The van der Waals surface area contributed by atoms with Gasteiger partial charge in [-0.2, -0.15) is 0 Å². The van der Waals surface area contributed by atoms with Crippen molar-refractivity contribution in [3.05, 3.63) is 12.2 Å². The van der Waals surface area contributed by atoms with Crippen LogP contribution in [0.2, 0.25) is 0 Å². The highest BCUT2D eigenvalue weighted by molar-refractivity contribution is 5.97. The number of carboxylic acids is 1. The Morgan fingerprint density at radius 2 is 2.05 bits per heavy atom. The molecule has 0 aromatic carbocycles. The molecule has 1 atom stereocenters. The second kappa shape index (κ2) is 4.64. The summed E-state index contributed by atoms with van der Waals surface area (Å²) in [7, 11) is 0. The van der Waals surface area contributed by atoms with Gasteiger partial charge in [-0.3, -0.25) is 9.59 Å². The molecule has 1 aromatic rings. The molecule has 1 N–H and O–H groups in total. The summed E-state index contributed by atoms with van der Waals surface area (Å²) >= 11 is 0. The third-order valence-corrected chi connectivity index (χ3v) is 3.31. The molecule has 1 unspecified atom stereocenters. The van der Waals surface area contributed by atoms with E-state index in [1.54, 1.807) is 32.0 Å². The van der Waals surface area contributed by atoms with E-state index in [1.165, 1.54) is 0 Å². The van der Waals surface area contributed by atoms with Crippen LogP contribution in [-0.4, -0.2) is 43.2 Å². The van der Waals surface area contributed by atoms with Crippen LogP contribution in [0.4, 0.5) is 0 Å². The third-order valence-electron chi connectivity index (χ3n) is 3.31. The molecule has 104 valence electrons. The van der Waals surface area contributed by atoms with Crippen LogP contribution in [0.1, 0.15) is 26.6 Å². The Balaban J connectivity index is 2.18. The molecule has 0 spiro atoms. The van der Waals surface area contributed by atoms with Crippen molar-refractivity contribution in [2.24, 2.45) is 11.3 Å². The van der Waals surface area contributed by atoms with Crippen LogP contribution in [0.3, 0.4) is 0 Å². The maximum Gasteiger partial charge on any atom is 0.316 e. The summed E-state index contributed by atoms with van der Waals surface area (Å²) in [5, 5.41) is 17.0. The Morgan fingerprint density at radius 1 is 1.37 bits per heavy atom. The number of fused-ring (bicyclic) bond motifs is 1. The van der Waals surface area contributed by atoms with Gasteiger partial charge in [-0.05, 0) is 5.41 Å². The van der Waals surface area contributed by atoms with Crippen LogP contribution >= 0.6 is 0 Å². The summed E-state index contributed by atoms with van der Waals surface area (Å²) < 4.78 is 1.87. The van der Waals surface area contributed by atoms with Gasteiger partial charge in [0.1, 0.15) is 12.2 Å². The highest BCUT2D eigenvalue weighted by atomic mass is 16.4. The Labute approximate surface area is 111 Å². The molecule has 7 heteroatoms. The van der Waals surface area contributed by atoms with Crippen molar-refractivity contribution in [3.8, 4) is 0 Å². The number of carbonyl (C=O) groups is 2. The normalized spacial score (nSPS) is 16.9. The molecular formula is C12H18N4O3. The van der Waals surface area contributed by atoms with Gasteiger partial charge < -0.3 is 14.6 Å². The lowest BCUT2D eigenvalue weighted by Gasteiger charge is -2.33. The van der Waals surface area contributed by atoms with Crippen molar-refractivity contribution in [1.29, 1.82) is 0 Å². The number of hydrogen-bond acceptors (Lipinski definition) is 4. The average Bonchev–Trinajstić information content (AvgIpc) is 2.72. The van der Waals surface area contributed by atoms with Crippen LogP contribution in [0, 0.1) is 11.3 Å². The number of carbonyl (C=O) groups excluding carboxylic acids is 1. The van der Waals surface area contributed by atoms with Crippen LogP contribution < -0.4 is 0 Å². The molecule has 0 bridgehead atoms. The largest absolute Gasteiger partial charge is 0.481 e. The Hall–Kier alpha value is -1.92. The summed E-state index contributed by atoms with van der Waals surface area (Å²) in [5.41, 5.74) is -0.617. The first kappa shape index (κ1) is 13.5. The van der Waals surface area contributed by atoms with E-state index < -0.39 is 17.3 Å². The molecule has 19 heavy (non-hydrogen) atoms. The molecule has 0 saturated heterocycles. The predicted molar refractivity (Wildman–Crippen MR) is 66.0 cm³/mol. The van der Waals surface area contributed by atoms with Gasteiger partial charge in [0.05, 0.1) is 6.54 Å². The van der Waals surface area contributed by atoms with Gasteiger partial charge >= 0.3 is 5.97 Å². The van der Waals surface area contributed by atoms with Crippen molar-refractivity contribution in [3.63, 3.8) is 0 Å². The van der Waals surface area contributed by atoms with Crippen molar-refractivity contribution >= 4 is 11.9 Å². The molecule has 1 aliphatic heterocycles. The van der Waals surface area contributed by atoms with E-state index in [2.05, 4.69) is 10.2 Å². The van der Waals surface area contributed by atoms with Gasteiger partial charge in [-0.25, -0.2) is 0 Å². The minimum absolute atomic E-state index is 0.318. The fraction of sp³-hybridized carbons (Fsp3) is 0.667. The van der Waals surface area contributed by atoms with Crippen LogP contribution in [0.5, 0.6) is 0 Å². The fourth-order valence-electron chi connectivity index (χ4n) is 2.28. The van der Waals surface area contributed by atoms with E-state index in [0.717, 1.165) is 0 Å². The van der Waals surface area contributed by atoms with E-state index in [9.17, 15) is 14.7 Å². The zero-order valence-electron chi connectivity index (χ0n) is 11.3. The van der Waals surface area contributed by atoms with E-state index in [-0.39, 0.29) is 5.91 Å². The first-order valence-electron chi connectivity index (χ1n) is 6.19. The molecule has 0 fully saturated rings.